The molecule has 6 heteroatoms. The van der Waals surface area contributed by atoms with Crippen LogP contribution in [0.15, 0.2) is 48.5 Å². The summed E-state index contributed by atoms with van der Waals surface area (Å²) in [6.07, 6.45) is -0.885. The van der Waals surface area contributed by atoms with Gasteiger partial charge in [0.1, 0.15) is 5.82 Å². The van der Waals surface area contributed by atoms with Gasteiger partial charge in [-0.05, 0) is 28.8 Å². The Morgan fingerprint density at radius 2 is 1.71 bits per heavy atom. The number of amides is 2. The molecule has 0 saturated heterocycles. The van der Waals surface area contributed by atoms with E-state index in [-0.39, 0.29) is 18.4 Å². The first-order valence-corrected chi connectivity index (χ1v) is 7.60. The van der Waals surface area contributed by atoms with Gasteiger partial charge in [-0.15, -0.1) is 0 Å². The zero-order valence-electron chi connectivity index (χ0n) is 13.5. The minimum atomic E-state index is -0.885. The van der Waals surface area contributed by atoms with E-state index in [4.69, 9.17) is 4.74 Å². The van der Waals surface area contributed by atoms with Gasteiger partial charge < -0.3 is 20.5 Å². The molecule has 2 aromatic rings. The predicted molar refractivity (Wildman–Crippen MR) is 88.8 cm³/mol. The van der Waals surface area contributed by atoms with Crippen LogP contribution in [-0.2, 0) is 17.9 Å². The van der Waals surface area contributed by atoms with Crippen molar-refractivity contribution in [3.63, 3.8) is 0 Å². The Kier molecular flexibility index (Phi) is 6.72. The first-order chi connectivity index (χ1) is 11.6. The average Bonchev–Trinajstić information content (AvgIpc) is 2.60. The number of hydrogen-bond donors (Lipinski definition) is 3. The number of halogens is 1. The number of ether oxygens (including phenoxy) is 1. The molecule has 0 heterocycles. The third-order valence-electron chi connectivity index (χ3n) is 3.50. The molecule has 0 saturated carbocycles. The average molecular weight is 332 g/mol. The topological polar surface area (TPSA) is 70.6 Å². The number of hydrogen-bond acceptors (Lipinski definition) is 3. The van der Waals surface area contributed by atoms with Crippen molar-refractivity contribution in [1.82, 2.24) is 10.6 Å². The maximum Gasteiger partial charge on any atom is 0.315 e. The number of aliphatic hydroxyl groups is 1. The van der Waals surface area contributed by atoms with Crippen LogP contribution in [0.3, 0.4) is 0 Å². The second-order valence-electron chi connectivity index (χ2n) is 5.38. The summed E-state index contributed by atoms with van der Waals surface area (Å²) >= 11 is 0. The van der Waals surface area contributed by atoms with Gasteiger partial charge >= 0.3 is 6.03 Å². The first-order valence-electron chi connectivity index (χ1n) is 7.60. The van der Waals surface area contributed by atoms with Crippen LogP contribution in [0.2, 0.25) is 0 Å². The highest BCUT2D eigenvalue weighted by Gasteiger charge is 2.09. The Morgan fingerprint density at radius 1 is 1.08 bits per heavy atom. The first kappa shape index (κ1) is 17.9. The van der Waals surface area contributed by atoms with E-state index in [1.165, 1.54) is 24.3 Å². The van der Waals surface area contributed by atoms with Crippen molar-refractivity contribution in [2.45, 2.75) is 19.3 Å². The maximum atomic E-state index is 12.8. The number of nitrogens with one attached hydrogen (secondary N) is 2. The Balaban J connectivity index is 1.73. The standard InChI is InChI=1S/C18H21FN2O3/c1-24-12-14-4-2-13(3-5-14)10-20-18(23)21-11-17(22)15-6-8-16(19)9-7-15/h2-9,17,22H,10-12H2,1H3,(H2,20,21,23). The summed E-state index contributed by atoms with van der Waals surface area (Å²) < 4.78 is 17.9. The van der Waals surface area contributed by atoms with Gasteiger partial charge in [0.25, 0.3) is 0 Å². The van der Waals surface area contributed by atoms with Crippen LogP contribution in [0, 0.1) is 5.82 Å². The quantitative estimate of drug-likeness (QED) is 0.729. The molecular formula is C18H21FN2O3. The van der Waals surface area contributed by atoms with Crippen LogP contribution in [0.5, 0.6) is 0 Å². The number of benzene rings is 2. The number of aliphatic hydroxyl groups excluding tert-OH is 1. The highest BCUT2D eigenvalue weighted by Crippen LogP contribution is 2.12. The van der Waals surface area contributed by atoms with Gasteiger partial charge in [0.05, 0.1) is 12.7 Å². The smallest absolute Gasteiger partial charge is 0.315 e. The van der Waals surface area contributed by atoms with Crippen molar-refractivity contribution in [2.75, 3.05) is 13.7 Å². The second-order valence-corrected chi connectivity index (χ2v) is 5.38. The monoisotopic (exact) mass is 332 g/mol. The van der Waals surface area contributed by atoms with Crippen molar-refractivity contribution in [1.29, 1.82) is 0 Å². The predicted octanol–water partition coefficient (Wildman–Crippen LogP) is 2.50. The zero-order chi connectivity index (χ0) is 17.4. The number of rotatable bonds is 7. The Morgan fingerprint density at radius 3 is 2.33 bits per heavy atom. The van der Waals surface area contributed by atoms with E-state index in [1.807, 2.05) is 24.3 Å². The van der Waals surface area contributed by atoms with E-state index in [0.29, 0.717) is 18.7 Å². The summed E-state index contributed by atoms with van der Waals surface area (Å²) in [6, 6.07) is 12.9. The molecule has 2 rings (SSSR count). The summed E-state index contributed by atoms with van der Waals surface area (Å²) in [5.74, 6) is -0.367. The van der Waals surface area contributed by atoms with Crippen LogP contribution in [0.4, 0.5) is 9.18 Å². The fourth-order valence-corrected chi connectivity index (χ4v) is 2.16. The fraction of sp³-hybridized carbons (Fsp3) is 0.278. The van der Waals surface area contributed by atoms with Crippen molar-refractivity contribution in [2.24, 2.45) is 0 Å². The van der Waals surface area contributed by atoms with Crippen LogP contribution < -0.4 is 10.6 Å². The molecule has 2 amide bonds. The molecule has 128 valence electrons. The molecule has 0 bridgehead atoms. The normalized spacial score (nSPS) is 11.8. The lowest BCUT2D eigenvalue weighted by Gasteiger charge is -2.13. The molecule has 0 aliphatic carbocycles. The van der Waals surface area contributed by atoms with Gasteiger partial charge in [0.15, 0.2) is 0 Å². The van der Waals surface area contributed by atoms with Gasteiger partial charge in [-0.25, -0.2) is 9.18 Å². The molecular weight excluding hydrogens is 311 g/mol. The summed E-state index contributed by atoms with van der Waals surface area (Å²) in [6.45, 7) is 0.978. The van der Waals surface area contributed by atoms with E-state index >= 15 is 0 Å². The second kappa shape index (κ2) is 9.00. The highest BCUT2D eigenvalue weighted by molar-refractivity contribution is 5.73. The SMILES string of the molecule is COCc1ccc(CNC(=O)NCC(O)c2ccc(F)cc2)cc1. The lowest BCUT2D eigenvalue weighted by Crippen LogP contribution is -2.37. The molecule has 0 aliphatic rings. The van der Waals surface area contributed by atoms with Crippen molar-refractivity contribution < 1.29 is 19.0 Å². The summed E-state index contributed by atoms with van der Waals surface area (Å²) in [4.78, 5) is 11.8. The van der Waals surface area contributed by atoms with Gasteiger partial charge in [0.2, 0.25) is 0 Å². The van der Waals surface area contributed by atoms with E-state index in [1.54, 1.807) is 7.11 Å². The number of carbonyl (C=O) groups excluding carboxylic acids is 1. The van der Waals surface area contributed by atoms with Gasteiger partial charge in [-0.1, -0.05) is 36.4 Å². The molecule has 24 heavy (non-hydrogen) atoms. The number of carbonyl (C=O) groups is 1. The highest BCUT2D eigenvalue weighted by atomic mass is 19.1. The molecule has 2 aromatic carbocycles. The van der Waals surface area contributed by atoms with Crippen molar-refractivity contribution in [3.05, 3.63) is 71.0 Å². The minimum absolute atomic E-state index is 0.0459. The van der Waals surface area contributed by atoms with Gasteiger partial charge in [0, 0.05) is 20.2 Å². The molecule has 0 spiro atoms. The number of urea groups is 1. The van der Waals surface area contributed by atoms with Gasteiger partial charge in [-0.3, -0.25) is 0 Å². The Labute approximate surface area is 140 Å². The van der Waals surface area contributed by atoms with Gasteiger partial charge in [-0.2, -0.15) is 0 Å². The summed E-state index contributed by atoms with van der Waals surface area (Å²) in [7, 11) is 1.64. The lowest BCUT2D eigenvalue weighted by molar-refractivity contribution is 0.173. The molecule has 0 aromatic heterocycles. The molecule has 0 aliphatic heterocycles. The minimum Gasteiger partial charge on any atom is -0.387 e. The number of methoxy groups -OCH3 is 1. The van der Waals surface area contributed by atoms with Crippen LogP contribution >= 0.6 is 0 Å². The summed E-state index contributed by atoms with van der Waals surface area (Å²) in [5, 5.41) is 15.2. The molecule has 3 N–H and O–H groups in total. The van der Waals surface area contributed by atoms with Crippen molar-refractivity contribution in [3.8, 4) is 0 Å². The Bertz CT molecular complexity index is 644. The third-order valence-corrected chi connectivity index (χ3v) is 3.50. The van der Waals surface area contributed by atoms with Crippen LogP contribution in [-0.4, -0.2) is 24.8 Å². The molecule has 1 atom stereocenters. The molecule has 1 unspecified atom stereocenters. The van der Waals surface area contributed by atoms with E-state index in [2.05, 4.69) is 10.6 Å². The molecule has 0 fully saturated rings. The molecule has 0 radical (unpaired) electrons. The van der Waals surface area contributed by atoms with E-state index < -0.39 is 6.10 Å². The van der Waals surface area contributed by atoms with Crippen LogP contribution in [0.25, 0.3) is 0 Å². The largest absolute Gasteiger partial charge is 0.387 e. The molecule has 5 nitrogen and oxygen atoms in total. The van der Waals surface area contributed by atoms with Crippen LogP contribution in [0.1, 0.15) is 22.8 Å². The zero-order valence-corrected chi connectivity index (χ0v) is 13.5. The Hall–Kier alpha value is -2.44. The van der Waals surface area contributed by atoms with E-state index in [9.17, 15) is 14.3 Å². The fourth-order valence-electron chi connectivity index (χ4n) is 2.16. The van der Waals surface area contributed by atoms with E-state index in [0.717, 1.165) is 11.1 Å². The van der Waals surface area contributed by atoms with Crippen molar-refractivity contribution >= 4 is 6.03 Å². The lowest BCUT2D eigenvalue weighted by atomic mass is 10.1. The summed E-state index contributed by atoms with van der Waals surface area (Å²) in [5.41, 5.74) is 2.57. The maximum absolute atomic E-state index is 12.8. The third kappa shape index (κ3) is 5.64.